The predicted molar refractivity (Wildman–Crippen MR) is 91.1 cm³/mol. The van der Waals surface area contributed by atoms with Crippen molar-refractivity contribution in [1.82, 2.24) is 0 Å². The molecule has 0 unspecified atom stereocenters. The van der Waals surface area contributed by atoms with E-state index in [9.17, 15) is 9.59 Å². The maximum atomic E-state index is 12.0. The van der Waals surface area contributed by atoms with E-state index in [1.54, 1.807) is 24.4 Å². The minimum absolute atomic E-state index is 0.196. The molecule has 2 rings (SSSR count). The van der Waals surface area contributed by atoms with Crippen molar-refractivity contribution in [3.8, 4) is 0 Å². The predicted octanol–water partition coefficient (Wildman–Crippen LogP) is 4.31. The number of carbonyl (C=O) groups excluding carboxylic acids is 2. The number of halogens is 1. The molecule has 4 nitrogen and oxygen atoms in total. The number of thioether (sulfide) groups is 1. The van der Waals surface area contributed by atoms with Gasteiger partial charge in [-0.15, -0.1) is 23.1 Å². The summed E-state index contributed by atoms with van der Waals surface area (Å²) in [4.78, 5) is 24.6. The standard InChI is InChI=1S/C15H14ClNO3S2/c1-2-20-15(19)10-7-8-21-14(10)17-13(18)9-22-12-6-4-3-5-11(12)16/h3-8H,2,9H2,1H3,(H,17,18). The Morgan fingerprint density at radius 2 is 2.09 bits per heavy atom. The number of carbonyl (C=O) groups is 2. The smallest absolute Gasteiger partial charge is 0.341 e. The molecule has 2 aromatic rings. The first-order valence-electron chi connectivity index (χ1n) is 6.53. The highest BCUT2D eigenvalue weighted by Gasteiger charge is 2.16. The van der Waals surface area contributed by atoms with Crippen molar-refractivity contribution in [2.45, 2.75) is 11.8 Å². The number of nitrogens with one attached hydrogen (secondary N) is 1. The maximum absolute atomic E-state index is 12.0. The first-order chi connectivity index (χ1) is 10.6. The lowest BCUT2D eigenvalue weighted by Gasteiger charge is -2.06. The van der Waals surface area contributed by atoms with Crippen molar-refractivity contribution in [3.63, 3.8) is 0 Å². The van der Waals surface area contributed by atoms with Crippen LogP contribution in [-0.2, 0) is 9.53 Å². The summed E-state index contributed by atoms with van der Waals surface area (Å²) >= 11 is 8.68. The van der Waals surface area contributed by atoms with Gasteiger partial charge in [0.2, 0.25) is 5.91 Å². The highest BCUT2D eigenvalue weighted by atomic mass is 35.5. The highest BCUT2D eigenvalue weighted by Crippen LogP contribution is 2.28. The van der Waals surface area contributed by atoms with Crippen molar-refractivity contribution in [2.24, 2.45) is 0 Å². The van der Waals surface area contributed by atoms with Crippen LogP contribution in [0.4, 0.5) is 5.00 Å². The minimum atomic E-state index is -0.433. The van der Waals surface area contributed by atoms with E-state index in [2.05, 4.69) is 5.32 Å². The lowest BCUT2D eigenvalue weighted by atomic mass is 10.3. The van der Waals surface area contributed by atoms with Crippen LogP contribution in [0.25, 0.3) is 0 Å². The molecule has 0 saturated heterocycles. The molecular formula is C15H14ClNO3S2. The van der Waals surface area contributed by atoms with E-state index in [1.165, 1.54) is 23.1 Å². The van der Waals surface area contributed by atoms with Crippen molar-refractivity contribution in [2.75, 3.05) is 17.7 Å². The average Bonchev–Trinajstić information content (AvgIpc) is 2.95. The van der Waals surface area contributed by atoms with E-state index in [-0.39, 0.29) is 11.7 Å². The summed E-state index contributed by atoms with van der Waals surface area (Å²) < 4.78 is 4.95. The van der Waals surface area contributed by atoms with Gasteiger partial charge in [-0.05, 0) is 30.5 Å². The van der Waals surface area contributed by atoms with Gasteiger partial charge in [0.25, 0.3) is 0 Å². The van der Waals surface area contributed by atoms with Gasteiger partial charge in [-0.3, -0.25) is 4.79 Å². The van der Waals surface area contributed by atoms with Gasteiger partial charge < -0.3 is 10.1 Å². The van der Waals surface area contributed by atoms with Gasteiger partial charge in [-0.1, -0.05) is 23.7 Å². The summed E-state index contributed by atoms with van der Waals surface area (Å²) in [5.74, 6) is -0.417. The van der Waals surface area contributed by atoms with Gasteiger partial charge in [-0.2, -0.15) is 0 Å². The number of hydrogen-bond acceptors (Lipinski definition) is 5. The molecule has 1 N–H and O–H groups in total. The maximum Gasteiger partial charge on any atom is 0.341 e. The second-order valence-corrected chi connectivity index (χ2v) is 6.49. The zero-order chi connectivity index (χ0) is 15.9. The Labute approximate surface area is 141 Å². The number of ether oxygens (including phenoxy) is 1. The molecule has 1 aromatic carbocycles. The van der Waals surface area contributed by atoms with Crippen LogP contribution in [0.2, 0.25) is 5.02 Å². The van der Waals surface area contributed by atoms with Gasteiger partial charge in [-0.25, -0.2) is 4.79 Å². The van der Waals surface area contributed by atoms with Gasteiger partial charge in [0.15, 0.2) is 0 Å². The molecule has 7 heteroatoms. The van der Waals surface area contributed by atoms with Gasteiger partial charge in [0, 0.05) is 4.90 Å². The van der Waals surface area contributed by atoms with E-state index < -0.39 is 5.97 Å². The largest absolute Gasteiger partial charge is 0.462 e. The van der Waals surface area contributed by atoms with Gasteiger partial charge in [0.1, 0.15) is 5.00 Å². The molecule has 1 amide bonds. The lowest BCUT2D eigenvalue weighted by Crippen LogP contribution is -2.15. The van der Waals surface area contributed by atoms with Crippen molar-refractivity contribution < 1.29 is 14.3 Å². The van der Waals surface area contributed by atoms with Gasteiger partial charge >= 0.3 is 5.97 Å². The highest BCUT2D eigenvalue weighted by molar-refractivity contribution is 8.00. The Balaban J connectivity index is 1.94. The molecule has 22 heavy (non-hydrogen) atoms. The molecule has 0 bridgehead atoms. The monoisotopic (exact) mass is 355 g/mol. The molecule has 0 atom stereocenters. The summed E-state index contributed by atoms with van der Waals surface area (Å²) in [6, 6.07) is 8.98. The zero-order valence-corrected chi connectivity index (χ0v) is 14.2. The topological polar surface area (TPSA) is 55.4 Å². The molecule has 116 valence electrons. The van der Waals surface area contributed by atoms with E-state index in [0.717, 1.165) is 4.90 Å². The normalized spacial score (nSPS) is 10.3. The fourth-order valence-electron chi connectivity index (χ4n) is 1.64. The first-order valence-corrected chi connectivity index (χ1v) is 8.78. The SMILES string of the molecule is CCOC(=O)c1ccsc1NC(=O)CSc1ccccc1Cl. The van der Waals surface area contributed by atoms with Crippen LogP contribution in [0.3, 0.4) is 0 Å². The summed E-state index contributed by atoms with van der Waals surface area (Å²) in [6.07, 6.45) is 0. The molecule has 0 saturated carbocycles. The molecule has 0 fully saturated rings. The van der Waals surface area contributed by atoms with Crippen LogP contribution in [0.1, 0.15) is 17.3 Å². The van der Waals surface area contributed by atoms with Gasteiger partial charge in [0.05, 0.1) is 22.9 Å². The number of hydrogen-bond donors (Lipinski definition) is 1. The van der Waals surface area contributed by atoms with Crippen LogP contribution in [0.15, 0.2) is 40.6 Å². The Bertz CT molecular complexity index is 672. The summed E-state index contributed by atoms with van der Waals surface area (Å²) in [5.41, 5.74) is 0.378. The fourth-order valence-corrected chi connectivity index (χ4v) is 3.47. The van der Waals surface area contributed by atoms with E-state index in [4.69, 9.17) is 16.3 Å². The second-order valence-electron chi connectivity index (χ2n) is 4.15. The Hall–Kier alpha value is -1.50. The van der Waals surface area contributed by atoms with Crippen LogP contribution in [-0.4, -0.2) is 24.2 Å². The Kier molecular flexibility index (Phi) is 6.30. The molecule has 0 aliphatic carbocycles. The molecule has 1 heterocycles. The molecule has 0 aliphatic rings. The van der Waals surface area contributed by atoms with Crippen LogP contribution >= 0.6 is 34.7 Å². The van der Waals surface area contributed by atoms with Crippen molar-refractivity contribution >= 4 is 51.6 Å². The van der Waals surface area contributed by atoms with Crippen molar-refractivity contribution in [1.29, 1.82) is 0 Å². The average molecular weight is 356 g/mol. The summed E-state index contributed by atoms with van der Waals surface area (Å²) in [6.45, 7) is 2.03. The quantitative estimate of drug-likeness (QED) is 0.619. The first kappa shape index (κ1) is 16.9. The minimum Gasteiger partial charge on any atom is -0.462 e. The molecule has 1 aromatic heterocycles. The fraction of sp³-hybridized carbons (Fsp3) is 0.200. The molecule has 0 spiro atoms. The van der Waals surface area contributed by atoms with Crippen LogP contribution in [0.5, 0.6) is 0 Å². The Morgan fingerprint density at radius 1 is 1.32 bits per heavy atom. The van der Waals surface area contributed by atoms with Crippen molar-refractivity contribution in [3.05, 3.63) is 46.3 Å². The number of esters is 1. The number of thiophene rings is 1. The molecular weight excluding hydrogens is 342 g/mol. The molecule has 0 radical (unpaired) electrons. The third kappa shape index (κ3) is 4.50. The molecule has 0 aliphatic heterocycles. The third-order valence-electron chi connectivity index (χ3n) is 2.61. The number of benzene rings is 1. The third-order valence-corrected chi connectivity index (χ3v) is 4.95. The number of amides is 1. The number of rotatable bonds is 6. The lowest BCUT2D eigenvalue weighted by molar-refractivity contribution is -0.113. The summed E-state index contributed by atoms with van der Waals surface area (Å²) in [7, 11) is 0. The Morgan fingerprint density at radius 3 is 2.82 bits per heavy atom. The van der Waals surface area contributed by atoms with E-state index in [1.807, 2.05) is 18.2 Å². The summed E-state index contributed by atoms with van der Waals surface area (Å²) in [5, 5.41) is 5.59. The van der Waals surface area contributed by atoms with Crippen LogP contribution < -0.4 is 5.32 Å². The zero-order valence-electron chi connectivity index (χ0n) is 11.8. The van der Waals surface area contributed by atoms with Crippen LogP contribution in [0, 0.1) is 0 Å². The van der Waals surface area contributed by atoms with E-state index in [0.29, 0.717) is 22.2 Å². The number of anilines is 1. The van der Waals surface area contributed by atoms with E-state index >= 15 is 0 Å². The second kappa shape index (κ2) is 8.22.